The molecule has 1 aromatic heterocycles. The zero-order valence-electron chi connectivity index (χ0n) is 16.6. The number of rotatable bonds is 6. The first-order valence-electron chi connectivity index (χ1n) is 9.29. The van der Waals surface area contributed by atoms with E-state index in [9.17, 15) is 19.7 Å². The van der Waals surface area contributed by atoms with Gasteiger partial charge >= 0.3 is 5.97 Å². The first-order chi connectivity index (χ1) is 15.5. The zero-order chi connectivity index (χ0) is 22.7. The molecule has 4 aromatic rings. The van der Waals surface area contributed by atoms with Gasteiger partial charge in [0, 0.05) is 18.2 Å². The largest absolute Gasteiger partial charge is 0.493 e. The van der Waals surface area contributed by atoms with E-state index in [2.05, 4.69) is 0 Å². The molecule has 9 nitrogen and oxygen atoms in total. The third kappa shape index (κ3) is 4.12. The van der Waals surface area contributed by atoms with Crippen molar-refractivity contribution in [3.63, 3.8) is 0 Å². The summed E-state index contributed by atoms with van der Waals surface area (Å²) in [5.41, 5.74) is -0.465. The third-order valence-corrected chi connectivity index (χ3v) is 4.51. The van der Waals surface area contributed by atoms with Crippen molar-refractivity contribution in [2.45, 2.75) is 0 Å². The molecule has 0 saturated heterocycles. The summed E-state index contributed by atoms with van der Waals surface area (Å²) < 4.78 is 21.6. The van der Waals surface area contributed by atoms with E-state index in [1.54, 1.807) is 24.3 Å². The minimum Gasteiger partial charge on any atom is -0.493 e. The Morgan fingerprint density at radius 2 is 1.75 bits per heavy atom. The average Bonchev–Trinajstić information content (AvgIpc) is 2.81. The van der Waals surface area contributed by atoms with Gasteiger partial charge in [0.25, 0.3) is 5.69 Å². The van der Waals surface area contributed by atoms with Crippen LogP contribution < -0.4 is 19.6 Å². The number of hydrogen-bond donors (Lipinski definition) is 0. The number of nitro benzene ring substituents is 1. The second-order valence-electron chi connectivity index (χ2n) is 6.54. The Hall–Kier alpha value is -4.66. The van der Waals surface area contributed by atoms with Crippen molar-refractivity contribution in [2.75, 3.05) is 7.11 Å². The van der Waals surface area contributed by atoms with Crippen LogP contribution in [-0.2, 0) is 0 Å². The topological polar surface area (TPSA) is 118 Å². The second-order valence-corrected chi connectivity index (χ2v) is 6.54. The number of nitrogens with zero attached hydrogens (tertiary/aromatic N) is 1. The quantitative estimate of drug-likeness (QED) is 0.185. The molecule has 0 amide bonds. The van der Waals surface area contributed by atoms with E-state index in [1.807, 2.05) is 0 Å². The Morgan fingerprint density at radius 1 is 0.969 bits per heavy atom. The van der Waals surface area contributed by atoms with E-state index >= 15 is 0 Å². The minimum atomic E-state index is -0.786. The summed E-state index contributed by atoms with van der Waals surface area (Å²) in [6.07, 6.45) is 1.16. The number of non-ortho nitro benzene ring substituents is 1. The van der Waals surface area contributed by atoms with E-state index in [0.29, 0.717) is 11.5 Å². The highest BCUT2D eigenvalue weighted by Crippen LogP contribution is 2.31. The number of methoxy groups -OCH3 is 1. The van der Waals surface area contributed by atoms with Crippen LogP contribution in [-0.4, -0.2) is 18.0 Å². The molecule has 9 heteroatoms. The number of fused-ring (bicyclic) bond motifs is 1. The predicted octanol–water partition coefficient (Wildman–Crippen LogP) is 4.72. The summed E-state index contributed by atoms with van der Waals surface area (Å²) in [5.74, 6) is 0.0879. The van der Waals surface area contributed by atoms with Crippen LogP contribution in [0.25, 0.3) is 11.0 Å². The van der Waals surface area contributed by atoms with Crippen molar-refractivity contribution in [3.8, 4) is 23.0 Å². The Bertz CT molecular complexity index is 1390. The van der Waals surface area contributed by atoms with Crippen molar-refractivity contribution in [2.24, 2.45) is 0 Å². The van der Waals surface area contributed by atoms with Gasteiger partial charge in [0.15, 0.2) is 11.5 Å². The molecule has 0 aliphatic rings. The fourth-order valence-corrected chi connectivity index (χ4v) is 2.96. The van der Waals surface area contributed by atoms with Gasteiger partial charge in [0.1, 0.15) is 17.6 Å². The third-order valence-electron chi connectivity index (χ3n) is 4.51. The van der Waals surface area contributed by atoms with Crippen molar-refractivity contribution >= 4 is 22.6 Å². The molecule has 0 aliphatic heterocycles. The maximum Gasteiger partial charge on any atom is 0.343 e. The SMILES string of the molecule is COc1ccccc1Oc1coc2cc(OC(=O)c3cccc([N+](=O)[O-])c3)ccc2c1=O. The highest BCUT2D eigenvalue weighted by atomic mass is 16.6. The molecule has 0 bridgehead atoms. The van der Waals surface area contributed by atoms with Crippen LogP contribution in [0, 0.1) is 10.1 Å². The fraction of sp³-hybridized carbons (Fsp3) is 0.0435. The maximum atomic E-state index is 12.8. The molecule has 0 aliphatic carbocycles. The Labute approximate surface area is 180 Å². The van der Waals surface area contributed by atoms with Crippen LogP contribution >= 0.6 is 0 Å². The Balaban J connectivity index is 1.59. The number of carbonyl (C=O) groups is 1. The van der Waals surface area contributed by atoms with Gasteiger partial charge in [-0.15, -0.1) is 0 Å². The molecule has 0 N–H and O–H groups in total. The molecular formula is C23H15NO8. The van der Waals surface area contributed by atoms with E-state index < -0.39 is 16.3 Å². The number of para-hydroxylation sites is 2. The van der Waals surface area contributed by atoms with E-state index in [0.717, 1.165) is 12.3 Å². The summed E-state index contributed by atoms with van der Waals surface area (Å²) >= 11 is 0. The van der Waals surface area contributed by atoms with Gasteiger partial charge in [-0.1, -0.05) is 18.2 Å². The highest BCUT2D eigenvalue weighted by Gasteiger charge is 2.16. The Morgan fingerprint density at radius 3 is 2.50 bits per heavy atom. The van der Waals surface area contributed by atoms with Crippen molar-refractivity contribution in [1.82, 2.24) is 0 Å². The van der Waals surface area contributed by atoms with Crippen molar-refractivity contribution in [3.05, 3.63) is 98.9 Å². The van der Waals surface area contributed by atoms with Crippen molar-refractivity contribution < 1.29 is 28.3 Å². The van der Waals surface area contributed by atoms with Crippen molar-refractivity contribution in [1.29, 1.82) is 0 Å². The van der Waals surface area contributed by atoms with Crippen LogP contribution in [0.1, 0.15) is 10.4 Å². The summed E-state index contributed by atoms with van der Waals surface area (Å²) in [4.78, 5) is 35.4. The average molecular weight is 433 g/mol. The molecule has 0 radical (unpaired) electrons. The highest BCUT2D eigenvalue weighted by molar-refractivity contribution is 5.92. The molecule has 3 aromatic carbocycles. The van der Waals surface area contributed by atoms with E-state index in [4.69, 9.17) is 18.6 Å². The lowest BCUT2D eigenvalue weighted by atomic mass is 10.2. The van der Waals surface area contributed by atoms with Crippen LogP contribution in [0.5, 0.6) is 23.0 Å². The van der Waals surface area contributed by atoms with Crippen LogP contribution in [0.4, 0.5) is 5.69 Å². The number of ether oxygens (including phenoxy) is 3. The molecular weight excluding hydrogens is 418 g/mol. The molecule has 0 spiro atoms. The number of nitro groups is 1. The van der Waals surface area contributed by atoms with Crippen LogP contribution in [0.15, 0.2) is 82.2 Å². The maximum absolute atomic E-state index is 12.8. The monoisotopic (exact) mass is 433 g/mol. The number of esters is 1. The second kappa shape index (κ2) is 8.60. The molecule has 4 rings (SSSR count). The summed E-state index contributed by atoms with van der Waals surface area (Å²) in [5, 5.41) is 11.1. The lowest BCUT2D eigenvalue weighted by Crippen LogP contribution is -2.09. The number of benzene rings is 3. The first-order valence-corrected chi connectivity index (χ1v) is 9.29. The molecule has 1 heterocycles. The molecule has 0 saturated carbocycles. The Kier molecular flexibility index (Phi) is 5.54. The van der Waals surface area contributed by atoms with E-state index in [-0.39, 0.29) is 33.7 Å². The van der Waals surface area contributed by atoms with Gasteiger partial charge in [-0.05, 0) is 30.3 Å². The smallest absolute Gasteiger partial charge is 0.343 e. The van der Waals surface area contributed by atoms with Gasteiger partial charge in [-0.25, -0.2) is 4.79 Å². The fourth-order valence-electron chi connectivity index (χ4n) is 2.96. The molecule has 0 unspecified atom stereocenters. The standard InChI is InChI=1S/C23H15NO8/c1-29-18-7-2-3-8-19(18)32-21-13-30-20-12-16(9-10-17(20)22(21)25)31-23(26)14-5-4-6-15(11-14)24(27)28/h2-13H,1H3. The molecule has 160 valence electrons. The number of carbonyl (C=O) groups excluding carboxylic acids is 1. The lowest BCUT2D eigenvalue weighted by molar-refractivity contribution is -0.384. The van der Waals surface area contributed by atoms with Crippen LogP contribution in [0.2, 0.25) is 0 Å². The molecule has 0 atom stereocenters. The van der Waals surface area contributed by atoms with Gasteiger partial charge in [0.2, 0.25) is 11.2 Å². The van der Waals surface area contributed by atoms with Gasteiger partial charge in [-0.3, -0.25) is 14.9 Å². The first kappa shape index (κ1) is 20.6. The lowest BCUT2D eigenvalue weighted by Gasteiger charge is -2.10. The predicted molar refractivity (Wildman–Crippen MR) is 114 cm³/mol. The summed E-state index contributed by atoms with van der Waals surface area (Å²) in [7, 11) is 1.49. The van der Waals surface area contributed by atoms with E-state index in [1.165, 1.54) is 43.5 Å². The van der Waals surface area contributed by atoms with Gasteiger partial charge in [0.05, 0.1) is 23.0 Å². The summed E-state index contributed by atoms with van der Waals surface area (Å²) in [6, 6.07) is 16.3. The molecule has 32 heavy (non-hydrogen) atoms. The van der Waals surface area contributed by atoms with Crippen LogP contribution in [0.3, 0.4) is 0 Å². The zero-order valence-corrected chi connectivity index (χ0v) is 16.6. The number of hydrogen-bond acceptors (Lipinski definition) is 8. The summed E-state index contributed by atoms with van der Waals surface area (Å²) in [6.45, 7) is 0. The normalized spacial score (nSPS) is 10.5. The molecule has 0 fully saturated rings. The van der Waals surface area contributed by atoms with Gasteiger partial charge in [-0.2, -0.15) is 0 Å². The van der Waals surface area contributed by atoms with Gasteiger partial charge < -0.3 is 18.6 Å². The minimum absolute atomic E-state index is 0.0151.